The van der Waals surface area contributed by atoms with E-state index in [-0.39, 0.29) is 5.56 Å². The number of para-hydroxylation sites is 1. The number of alkyl halides is 5. The maximum Gasteiger partial charge on any atom is 0.573 e. The number of aliphatic hydroxyl groups is 1. The second-order valence-corrected chi connectivity index (χ2v) is 4.03. The molecule has 1 aromatic carbocycles. The Morgan fingerprint density at radius 1 is 1.19 bits per heavy atom. The van der Waals surface area contributed by atoms with Gasteiger partial charge < -0.3 is 9.84 Å². The van der Waals surface area contributed by atoms with Crippen molar-refractivity contribution in [3.63, 3.8) is 0 Å². The average Bonchev–Trinajstić information content (AvgIpc) is 2.15. The fourth-order valence-corrected chi connectivity index (χ4v) is 1.35. The smallest absolute Gasteiger partial charge is 0.405 e. The molecule has 0 bridgehead atoms. The molecular formula is C9H7Cl2F3O2. The molecule has 0 aromatic heterocycles. The van der Waals surface area contributed by atoms with Gasteiger partial charge in [0, 0.05) is 5.56 Å². The number of aliphatic hydroxyl groups excluding tert-OH is 1. The van der Waals surface area contributed by atoms with Crippen LogP contribution >= 0.6 is 23.2 Å². The third-order valence-corrected chi connectivity index (χ3v) is 2.18. The first kappa shape index (κ1) is 13.4. The number of halogens is 5. The Labute approximate surface area is 99.5 Å². The average molecular weight is 275 g/mol. The lowest BCUT2D eigenvalue weighted by Gasteiger charge is -2.17. The van der Waals surface area contributed by atoms with Gasteiger partial charge in [-0.1, -0.05) is 18.2 Å². The monoisotopic (exact) mass is 274 g/mol. The molecule has 0 radical (unpaired) electrons. The Kier molecular flexibility index (Phi) is 4.29. The van der Waals surface area contributed by atoms with Gasteiger partial charge in [-0.3, -0.25) is 0 Å². The Balaban J connectivity index is 3.01. The van der Waals surface area contributed by atoms with Crippen molar-refractivity contribution in [1.29, 1.82) is 0 Å². The van der Waals surface area contributed by atoms with Gasteiger partial charge in [0.05, 0.1) is 0 Å². The highest BCUT2D eigenvalue weighted by molar-refractivity contribution is 6.44. The van der Waals surface area contributed by atoms with E-state index in [4.69, 9.17) is 23.2 Å². The second-order valence-electron chi connectivity index (χ2n) is 2.86. The van der Waals surface area contributed by atoms with Crippen molar-refractivity contribution >= 4 is 23.2 Å². The molecule has 1 aromatic rings. The van der Waals surface area contributed by atoms with Crippen LogP contribution in [0.1, 0.15) is 11.7 Å². The van der Waals surface area contributed by atoms with Crippen LogP contribution in [0.3, 0.4) is 0 Å². The number of hydrogen-bond donors (Lipinski definition) is 1. The quantitative estimate of drug-likeness (QED) is 0.856. The molecule has 0 aliphatic heterocycles. The number of rotatable bonds is 3. The van der Waals surface area contributed by atoms with Gasteiger partial charge in [-0.2, -0.15) is 0 Å². The van der Waals surface area contributed by atoms with E-state index in [9.17, 15) is 18.3 Å². The Bertz CT molecular complexity index is 355. The van der Waals surface area contributed by atoms with Crippen LogP contribution in [0.15, 0.2) is 24.3 Å². The predicted molar refractivity (Wildman–Crippen MR) is 53.6 cm³/mol. The summed E-state index contributed by atoms with van der Waals surface area (Å²) >= 11 is 10.8. The van der Waals surface area contributed by atoms with Gasteiger partial charge in [-0.15, -0.1) is 36.4 Å². The van der Waals surface area contributed by atoms with E-state index in [2.05, 4.69) is 4.74 Å². The van der Waals surface area contributed by atoms with Crippen LogP contribution in [0.4, 0.5) is 13.2 Å². The van der Waals surface area contributed by atoms with Crippen LogP contribution in [0, 0.1) is 0 Å². The zero-order chi connectivity index (χ0) is 12.3. The van der Waals surface area contributed by atoms with Crippen LogP contribution in [0.2, 0.25) is 0 Å². The predicted octanol–water partition coefficient (Wildman–Crippen LogP) is 3.42. The molecule has 1 rings (SSSR count). The van der Waals surface area contributed by atoms with Gasteiger partial charge >= 0.3 is 6.36 Å². The summed E-state index contributed by atoms with van der Waals surface area (Å²) in [6, 6.07) is 5.11. The van der Waals surface area contributed by atoms with Gasteiger partial charge in [-0.05, 0) is 6.07 Å². The maximum atomic E-state index is 12.0. The fourth-order valence-electron chi connectivity index (χ4n) is 1.08. The SMILES string of the molecule is OC(c1ccccc1OC(F)(F)F)C(Cl)Cl. The summed E-state index contributed by atoms with van der Waals surface area (Å²) in [5.41, 5.74) is -0.116. The summed E-state index contributed by atoms with van der Waals surface area (Å²) < 4.78 is 39.8. The van der Waals surface area contributed by atoms with Crippen molar-refractivity contribution in [2.75, 3.05) is 0 Å². The fraction of sp³-hybridized carbons (Fsp3) is 0.333. The number of hydrogen-bond acceptors (Lipinski definition) is 2. The van der Waals surface area contributed by atoms with Gasteiger partial charge in [-0.25, -0.2) is 0 Å². The van der Waals surface area contributed by atoms with E-state index in [1.807, 2.05) is 0 Å². The van der Waals surface area contributed by atoms with Crippen molar-refractivity contribution in [3.05, 3.63) is 29.8 Å². The van der Waals surface area contributed by atoms with Crippen molar-refractivity contribution < 1.29 is 23.0 Å². The summed E-state index contributed by atoms with van der Waals surface area (Å²) in [7, 11) is 0. The lowest BCUT2D eigenvalue weighted by molar-refractivity contribution is -0.275. The largest absolute Gasteiger partial charge is 0.573 e. The zero-order valence-corrected chi connectivity index (χ0v) is 9.22. The highest BCUT2D eigenvalue weighted by Gasteiger charge is 2.33. The van der Waals surface area contributed by atoms with Crippen molar-refractivity contribution in [3.8, 4) is 5.75 Å². The number of ether oxygens (including phenoxy) is 1. The molecule has 90 valence electrons. The minimum absolute atomic E-state index is 0.116. The van der Waals surface area contributed by atoms with E-state index >= 15 is 0 Å². The molecule has 0 heterocycles. The Hall–Kier alpha value is -0.650. The summed E-state index contributed by atoms with van der Waals surface area (Å²) in [4.78, 5) is -1.24. The van der Waals surface area contributed by atoms with Gasteiger partial charge in [0.25, 0.3) is 0 Å². The molecule has 2 nitrogen and oxygen atoms in total. The molecule has 16 heavy (non-hydrogen) atoms. The van der Waals surface area contributed by atoms with E-state index in [0.717, 1.165) is 6.07 Å². The first-order chi connectivity index (χ1) is 7.31. The van der Waals surface area contributed by atoms with Crippen LogP contribution in [-0.4, -0.2) is 16.3 Å². The first-order valence-electron chi connectivity index (χ1n) is 4.12. The normalized spacial score (nSPS) is 13.9. The molecular weight excluding hydrogens is 268 g/mol. The topological polar surface area (TPSA) is 29.5 Å². The van der Waals surface area contributed by atoms with Crippen molar-refractivity contribution in [2.45, 2.75) is 17.3 Å². The van der Waals surface area contributed by atoms with Crippen LogP contribution in [0.25, 0.3) is 0 Å². The maximum absolute atomic E-state index is 12.0. The third-order valence-electron chi connectivity index (χ3n) is 1.70. The molecule has 1 unspecified atom stereocenters. The molecule has 0 saturated carbocycles. The molecule has 0 aliphatic carbocycles. The Morgan fingerprint density at radius 3 is 2.25 bits per heavy atom. The second kappa shape index (κ2) is 5.12. The number of benzene rings is 1. The van der Waals surface area contributed by atoms with Gasteiger partial charge in [0.15, 0.2) is 0 Å². The van der Waals surface area contributed by atoms with Crippen LogP contribution < -0.4 is 4.74 Å². The summed E-state index contributed by atoms with van der Waals surface area (Å²) in [6.45, 7) is 0. The van der Waals surface area contributed by atoms with Crippen molar-refractivity contribution in [2.24, 2.45) is 0 Å². The summed E-state index contributed by atoms with van der Waals surface area (Å²) in [5, 5.41) is 9.46. The third kappa shape index (κ3) is 3.73. The van der Waals surface area contributed by atoms with Crippen LogP contribution in [0.5, 0.6) is 5.75 Å². The minimum Gasteiger partial charge on any atom is -0.405 e. The molecule has 7 heteroatoms. The summed E-state index contributed by atoms with van der Waals surface area (Å²) in [5.74, 6) is -0.520. The van der Waals surface area contributed by atoms with E-state index in [1.165, 1.54) is 18.2 Å². The molecule has 1 atom stereocenters. The molecule has 1 N–H and O–H groups in total. The highest BCUT2D eigenvalue weighted by Crippen LogP contribution is 2.33. The Morgan fingerprint density at radius 2 is 1.75 bits per heavy atom. The van der Waals surface area contributed by atoms with Crippen molar-refractivity contribution in [1.82, 2.24) is 0 Å². The van der Waals surface area contributed by atoms with Crippen LogP contribution in [-0.2, 0) is 0 Å². The first-order valence-corrected chi connectivity index (χ1v) is 4.99. The minimum atomic E-state index is -4.83. The van der Waals surface area contributed by atoms with E-state index in [1.54, 1.807) is 0 Å². The zero-order valence-electron chi connectivity index (χ0n) is 7.71. The molecule has 0 saturated heterocycles. The molecule has 0 amide bonds. The molecule has 0 spiro atoms. The standard InChI is InChI=1S/C9H7Cl2F3O2/c10-8(11)7(15)5-3-1-2-4-6(5)16-9(12,13)14/h1-4,7-8,15H. The molecule has 0 fully saturated rings. The lowest BCUT2D eigenvalue weighted by Crippen LogP contribution is -2.19. The highest BCUT2D eigenvalue weighted by atomic mass is 35.5. The summed E-state index contributed by atoms with van der Waals surface area (Å²) in [6.07, 6.45) is -6.27. The van der Waals surface area contributed by atoms with E-state index in [0.29, 0.717) is 0 Å². The molecule has 0 aliphatic rings. The lowest BCUT2D eigenvalue weighted by atomic mass is 10.1. The van der Waals surface area contributed by atoms with E-state index < -0.39 is 23.1 Å². The van der Waals surface area contributed by atoms with Gasteiger partial charge in [0.1, 0.15) is 16.7 Å². The van der Waals surface area contributed by atoms with Gasteiger partial charge in [0.2, 0.25) is 0 Å².